The van der Waals surface area contributed by atoms with Gasteiger partial charge in [0, 0.05) is 24.2 Å². The van der Waals surface area contributed by atoms with E-state index in [-0.39, 0.29) is 23.9 Å². The molecule has 1 fully saturated rings. The number of para-hydroxylation sites is 1. The van der Waals surface area contributed by atoms with E-state index in [0.29, 0.717) is 11.9 Å². The second-order valence-electron chi connectivity index (χ2n) is 6.35. The molecule has 3 rings (SSSR count). The van der Waals surface area contributed by atoms with Gasteiger partial charge in [-0.15, -0.1) is 0 Å². The number of sulfonamides is 1. The third-order valence-electron chi connectivity index (χ3n) is 4.63. The van der Waals surface area contributed by atoms with E-state index in [2.05, 4.69) is 4.98 Å². The Morgan fingerprint density at radius 2 is 2.04 bits per heavy atom. The van der Waals surface area contributed by atoms with Gasteiger partial charge >= 0.3 is 5.97 Å². The standard InChI is InChI=1S/C17H20N2O4S/c1-11-10-19(9-8-14(11)17(20)21)24(22,23)15-5-3-4-13-7-6-12(2)18-16(13)15/h3-7,11,14H,8-10H2,1-2H3,(H,20,21). The third kappa shape index (κ3) is 2.89. The smallest absolute Gasteiger partial charge is 0.306 e. The topological polar surface area (TPSA) is 87.6 Å². The van der Waals surface area contributed by atoms with Gasteiger partial charge in [-0.05, 0) is 31.4 Å². The lowest BCUT2D eigenvalue weighted by molar-refractivity contribution is -0.144. The van der Waals surface area contributed by atoms with Crippen LogP contribution >= 0.6 is 0 Å². The number of benzene rings is 1. The molecule has 1 aliphatic rings. The first-order valence-electron chi connectivity index (χ1n) is 7.90. The van der Waals surface area contributed by atoms with Gasteiger partial charge in [0.25, 0.3) is 0 Å². The first-order chi connectivity index (χ1) is 11.3. The van der Waals surface area contributed by atoms with Crippen LogP contribution in [0.5, 0.6) is 0 Å². The zero-order valence-corrected chi connectivity index (χ0v) is 14.5. The van der Waals surface area contributed by atoms with Crippen LogP contribution in [0.4, 0.5) is 0 Å². The highest BCUT2D eigenvalue weighted by Crippen LogP contribution is 2.30. The maximum absolute atomic E-state index is 13.1. The van der Waals surface area contributed by atoms with Crippen LogP contribution in [0, 0.1) is 18.8 Å². The van der Waals surface area contributed by atoms with Gasteiger partial charge in [-0.2, -0.15) is 4.31 Å². The Bertz CT molecular complexity index is 895. The van der Waals surface area contributed by atoms with Gasteiger partial charge in [-0.3, -0.25) is 9.78 Å². The molecule has 1 N–H and O–H groups in total. The first-order valence-corrected chi connectivity index (χ1v) is 9.34. The van der Waals surface area contributed by atoms with Gasteiger partial charge in [-0.1, -0.05) is 25.1 Å². The fraction of sp³-hybridized carbons (Fsp3) is 0.412. The van der Waals surface area contributed by atoms with Crippen LogP contribution in [0.15, 0.2) is 35.2 Å². The van der Waals surface area contributed by atoms with Crippen molar-refractivity contribution in [3.05, 3.63) is 36.0 Å². The highest BCUT2D eigenvalue weighted by Gasteiger charge is 2.37. The van der Waals surface area contributed by atoms with E-state index in [9.17, 15) is 18.3 Å². The number of hydrogen-bond acceptors (Lipinski definition) is 4. The normalized spacial score (nSPS) is 22.6. The van der Waals surface area contributed by atoms with E-state index >= 15 is 0 Å². The minimum Gasteiger partial charge on any atom is -0.481 e. The van der Waals surface area contributed by atoms with E-state index < -0.39 is 21.9 Å². The summed E-state index contributed by atoms with van der Waals surface area (Å²) in [6.07, 6.45) is 0.326. The van der Waals surface area contributed by atoms with Gasteiger partial charge in [0.2, 0.25) is 10.0 Å². The number of carboxylic acids is 1. The lowest BCUT2D eigenvalue weighted by Gasteiger charge is -2.34. The molecular formula is C17H20N2O4S. The molecule has 2 atom stereocenters. The van der Waals surface area contributed by atoms with Crippen molar-refractivity contribution < 1.29 is 18.3 Å². The summed E-state index contributed by atoms with van der Waals surface area (Å²) in [5, 5.41) is 9.98. The van der Waals surface area contributed by atoms with E-state index in [1.807, 2.05) is 25.1 Å². The summed E-state index contributed by atoms with van der Waals surface area (Å²) >= 11 is 0. The van der Waals surface area contributed by atoms with Gasteiger partial charge < -0.3 is 5.11 Å². The Labute approximate surface area is 141 Å². The fourth-order valence-corrected chi connectivity index (χ4v) is 4.97. The minimum absolute atomic E-state index is 0.185. The van der Waals surface area contributed by atoms with Crippen molar-refractivity contribution in [1.82, 2.24) is 9.29 Å². The molecule has 7 heteroatoms. The Morgan fingerprint density at radius 1 is 1.29 bits per heavy atom. The molecule has 1 saturated heterocycles. The van der Waals surface area contributed by atoms with Crippen molar-refractivity contribution in [1.29, 1.82) is 0 Å². The van der Waals surface area contributed by atoms with Crippen LogP contribution in [0.1, 0.15) is 19.0 Å². The van der Waals surface area contributed by atoms with Crippen molar-refractivity contribution in [2.24, 2.45) is 11.8 Å². The molecule has 0 amide bonds. The summed E-state index contributed by atoms with van der Waals surface area (Å²) in [4.78, 5) is 15.8. The Kier molecular flexibility index (Phi) is 4.31. The second kappa shape index (κ2) is 6.14. The molecule has 2 heterocycles. The maximum atomic E-state index is 13.1. The highest BCUT2D eigenvalue weighted by atomic mass is 32.2. The van der Waals surface area contributed by atoms with E-state index in [0.717, 1.165) is 11.1 Å². The number of carboxylic acid groups (broad SMARTS) is 1. The largest absolute Gasteiger partial charge is 0.481 e. The summed E-state index contributed by atoms with van der Waals surface area (Å²) in [6, 6.07) is 8.81. The molecule has 0 saturated carbocycles. The predicted octanol–water partition coefficient (Wildman–Crippen LogP) is 2.27. The van der Waals surface area contributed by atoms with Gasteiger partial charge in [0.05, 0.1) is 11.4 Å². The number of aliphatic carboxylic acids is 1. The van der Waals surface area contributed by atoms with Crippen LogP contribution in [-0.2, 0) is 14.8 Å². The van der Waals surface area contributed by atoms with Crippen LogP contribution in [-0.4, -0.2) is 41.9 Å². The molecule has 128 valence electrons. The average molecular weight is 348 g/mol. The van der Waals surface area contributed by atoms with E-state index in [4.69, 9.17) is 0 Å². The molecule has 2 aromatic rings. The molecule has 0 aliphatic carbocycles. The number of nitrogens with zero attached hydrogens (tertiary/aromatic N) is 2. The van der Waals surface area contributed by atoms with Gasteiger partial charge in [-0.25, -0.2) is 8.42 Å². The summed E-state index contributed by atoms with van der Waals surface area (Å²) in [5.74, 6) is -1.58. The zero-order valence-electron chi connectivity index (χ0n) is 13.6. The number of hydrogen-bond donors (Lipinski definition) is 1. The maximum Gasteiger partial charge on any atom is 0.306 e. The number of aromatic nitrogens is 1. The summed E-state index contributed by atoms with van der Waals surface area (Å²) in [7, 11) is -3.71. The third-order valence-corrected chi connectivity index (χ3v) is 6.52. The van der Waals surface area contributed by atoms with Gasteiger partial charge in [0.1, 0.15) is 4.90 Å². The monoisotopic (exact) mass is 348 g/mol. The Balaban J connectivity index is 2.00. The molecule has 6 nitrogen and oxygen atoms in total. The number of piperidine rings is 1. The molecule has 2 unspecified atom stereocenters. The molecule has 1 aromatic heterocycles. The average Bonchev–Trinajstić information content (AvgIpc) is 2.53. The number of aryl methyl sites for hydroxylation is 1. The molecule has 0 spiro atoms. The van der Waals surface area contributed by atoms with Crippen molar-refractivity contribution in [3.8, 4) is 0 Å². The highest BCUT2D eigenvalue weighted by molar-refractivity contribution is 7.89. The van der Waals surface area contributed by atoms with Crippen molar-refractivity contribution in [3.63, 3.8) is 0 Å². The Hall–Kier alpha value is -1.99. The number of fused-ring (bicyclic) bond motifs is 1. The van der Waals surface area contributed by atoms with Crippen molar-refractivity contribution in [2.45, 2.75) is 25.2 Å². The lowest BCUT2D eigenvalue weighted by atomic mass is 9.88. The molecule has 0 radical (unpaired) electrons. The first kappa shape index (κ1) is 16.9. The Morgan fingerprint density at radius 3 is 2.71 bits per heavy atom. The van der Waals surface area contributed by atoms with Gasteiger partial charge in [0.15, 0.2) is 0 Å². The number of carbonyl (C=O) groups is 1. The fourth-order valence-electron chi connectivity index (χ4n) is 3.26. The summed E-state index contributed by atoms with van der Waals surface area (Å²) in [5.41, 5.74) is 1.22. The van der Waals surface area contributed by atoms with Crippen molar-refractivity contribution >= 4 is 26.9 Å². The lowest BCUT2D eigenvalue weighted by Crippen LogP contribution is -2.44. The van der Waals surface area contributed by atoms with Crippen molar-refractivity contribution in [2.75, 3.05) is 13.1 Å². The second-order valence-corrected chi connectivity index (χ2v) is 8.26. The molecule has 0 bridgehead atoms. The molecule has 1 aromatic carbocycles. The van der Waals surface area contributed by atoms with E-state index in [1.165, 1.54) is 4.31 Å². The summed E-state index contributed by atoms with van der Waals surface area (Å²) < 4.78 is 27.5. The minimum atomic E-state index is -3.71. The molecule has 24 heavy (non-hydrogen) atoms. The zero-order chi connectivity index (χ0) is 17.5. The molecular weight excluding hydrogens is 328 g/mol. The number of pyridine rings is 1. The SMILES string of the molecule is Cc1ccc2cccc(S(=O)(=O)N3CCC(C(=O)O)C(C)C3)c2n1. The van der Waals surface area contributed by atoms with Crippen LogP contribution in [0.2, 0.25) is 0 Å². The predicted molar refractivity (Wildman–Crippen MR) is 90.1 cm³/mol. The quantitative estimate of drug-likeness (QED) is 0.919. The van der Waals surface area contributed by atoms with Crippen LogP contribution in [0.3, 0.4) is 0 Å². The van der Waals surface area contributed by atoms with Crippen LogP contribution in [0.25, 0.3) is 10.9 Å². The number of rotatable bonds is 3. The summed E-state index contributed by atoms with van der Waals surface area (Å²) in [6.45, 7) is 4.03. The molecule has 1 aliphatic heterocycles. The van der Waals surface area contributed by atoms with E-state index in [1.54, 1.807) is 19.1 Å². The van der Waals surface area contributed by atoms with Crippen LogP contribution < -0.4 is 0 Å².